The quantitative estimate of drug-likeness (QED) is 0.332. The van der Waals surface area contributed by atoms with Crippen molar-refractivity contribution < 1.29 is 18.1 Å². The molecule has 1 amide bonds. The van der Waals surface area contributed by atoms with Crippen molar-refractivity contribution in [1.29, 1.82) is 0 Å². The fourth-order valence-electron chi connectivity index (χ4n) is 3.11. The SMILES string of the molecule is CSc1ccc(C=NNC(=O)C[NH+]2CCN(S(=O)(=O)c3ccc(Br)cc3)CC2)cc1. The summed E-state index contributed by atoms with van der Waals surface area (Å²) in [5, 5.41) is 4.01. The molecule has 0 spiro atoms. The van der Waals surface area contributed by atoms with Gasteiger partial charge in [-0.05, 0) is 48.2 Å². The summed E-state index contributed by atoms with van der Waals surface area (Å²) >= 11 is 4.98. The van der Waals surface area contributed by atoms with Crippen LogP contribution < -0.4 is 10.3 Å². The zero-order chi connectivity index (χ0) is 21.6. The average Bonchev–Trinajstić information content (AvgIpc) is 2.75. The molecule has 0 atom stereocenters. The fourth-order valence-corrected chi connectivity index (χ4v) is 5.22. The van der Waals surface area contributed by atoms with Crippen LogP contribution in [0.2, 0.25) is 0 Å². The monoisotopic (exact) mass is 511 g/mol. The molecule has 2 aromatic rings. The molecule has 0 aromatic heterocycles. The van der Waals surface area contributed by atoms with E-state index in [-0.39, 0.29) is 17.3 Å². The number of thioether (sulfide) groups is 1. The van der Waals surface area contributed by atoms with Crippen molar-refractivity contribution in [3.63, 3.8) is 0 Å². The van der Waals surface area contributed by atoms with Crippen LogP contribution in [0, 0.1) is 0 Å². The lowest BCUT2D eigenvalue weighted by Gasteiger charge is -2.31. The molecular formula is C20H24BrN4O3S2+. The Morgan fingerprint density at radius 2 is 1.80 bits per heavy atom. The molecule has 30 heavy (non-hydrogen) atoms. The first-order valence-corrected chi connectivity index (χ1v) is 12.9. The van der Waals surface area contributed by atoms with Crippen LogP contribution >= 0.6 is 27.7 Å². The lowest BCUT2D eigenvalue weighted by molar-refractivity contribution is -0.895. The number of sulfonamides is 1. The predicted octanol–water partition coefficient (Wildman–Crippen LogP) is 1.21. The Balaban J connectivity index is 1.46. The number of carbonyl (C=O) groups excluding carboxylic acids is 1. The maximum atomic E-state index is 12.7. The summed E-state index contributed by atoms with van der Waals surface area (Å²) in [5.74, 6) is -0.189. The van der Waals surface area contributed by atoms with Gasteiger partial charge in [0.25, 0.3) is 5.91 Å². The Hall–Kier alpha value is -1.72. The topological polar surface area (TPSA) is 83.3 Å². The van der Waals surface area contributed by atoms with Crippen LogP contribution in [0.5, 0.6) is 0 Å². The Labute approximate surface area is 189 Å². The molecule has 10 heteroatoms. The Morgan fingerprint density at radius 1 is 1.17 bits per heavy atom. The normalized spacial score (nSPS) is 16.1. The predicted molar refractivity (Wildman–Crippen MR) is 122 cm³/mol. The molecule has 0 bridgehead atoms. The molecule has 0 aliphatic carbocycles. The third-order valence-electron chi connectivity index (χ3n) is 4.81. The molecule has 0 radical (unpaired) electrons. The largest absolute Gasteiger partial charge is 0.325 e. The first-order valence-electron chi connectivity index (χ1n) is 9.44. The highest BCUT2D eigenvalue weighted by Gasteiger charge is 2.31. The minimum absolute atomic E-state index is 0.189. The number of quaternary nitrogens is 1. The van der Waals surface area contributed by atoms with Crippen molar-refractivity contribution in [2.75, 3.05) is 39.0 Å². The first kappa shape index (κ1) is 23.0. The van der Waals surface area contributed by atoms with Crippen LogP contribution in [-0.2, 0) is 14.8 Å². The van der Waals surface area contributed by atoms with E-state index in [1.54, 1.807) is 42.2 Å². The lowest BCUT2D eigenvalue weighted by atomic mass is 10.2. The van der Waals surface area contributed by atoms with Gasteiger partial charge in [-0.1, -0.05) is 28.1 Å². The minimum Gasteiger partial charge on any atom is -0.325 e. The summed E-state index contributed by atoms with van der Waals surface area (Å²) in [6, 6.07) is 14.5. The van der Waals surface area contributed by atoms with Gasteiger partial charge in [0.15, 0.2) is 6.54 Å². The van der Waals surface area contributed by atoms with Gasteiger partial charge in [0.1, 0.15) is 0 Å². The Bertz CT molecular complexity index is 988. The summed E-state index contributed by atoms with van der Waals surface area (Å²) in [7, 11) is -3.51. The molecule has 7 nitrogen and oxygen atoms in total. The molecular weight excluding hydrogens is 488 g/mol. The Morgan fingerprint density at radius 3 is 2.40 bits per heavy atom. The number of amides is 1. The van der Waals surface area contributed by atoms with Gasteiger partial charge in [-0.25, -0.2) is 13.8 Å². The molecule has 160 valence electrons. The highest BCUT2D eigenvalue weighted by Crippen LogP contribution is 2.18. The molecule has 1 heterocycles. The van der Waals surface area contributed by atoms with Gasteiger partial charge in [0, 0.05) is 9.37 Å². The van der Waals surface area contributed by atoms with Gasteiger partial charge >= 0.3 is 0 Å². The number of piperazine rings is 1. The molecule has 2 N–H and O–H groups in total. The van der Waals surface area contributed by atoms with E-state index in [4.69, 9.17) is 0 Å². The van der Waals surface area contributed by atoms with E-state index in [0.29, 0.717) is 26.2 Å². The highest BCUT2D eigenvalue weighted by molar-refractivity contribution is 9.10. The van der Waals surface area contributed by atoms with Crippen LogP contribution in [0.15, 0.2) is 67.9 Å². The van der Waals surface area contributed by atoms with Gasteiger partial charge in [-0.3, -0.25) is 4.79 Å². The van der Waals surface area contributed by atoms with Crippen LogP contribution in [0.25, 0.3) is 0 Å². The van der Waals surface area contributed by atoms with E-state index in [0.717, 1.165) is 14.9 Å². The number of hydrogen-bond donors (Lipinski definition) is 2. The summed E-state index contributed by atoms with van der Waals surface area (Å²) in [6.07, 6.45) is 3.63. The lowest BCUT2D eigenvalue weighted by Crippen LogP contribution is -3.15. The summed E-state index contributed by atoms with van der Waals surface area (Å²) in [4.78, 5) is 14.6. The third kappa shape index (κ3) is 6.14. The number of nitrogens with zero attached hydrogens (tertiary/aromatic N) is 2. The van der Waals surface area contributed by atoms with E-state index in [1.165, 1.54) is 9.20 Å². The number of benzene rings is 2. The molecule has 1 saturated heterocycles. The zero-order valence-electron chi connectivity index (χ0n) is 16.5. The van der Waals surface area contributed by atoms with Gasteiger partial charge in [0.2, 0.25) is 10.0 Å². The number of halogens is 1. The molecule has 1 aliphatic heterocycles. The van der Waals surface area contributed by atoms with Gasteiger partial charge in [-0.15, -0.1) is 11.8 Å². The molecule has 0 saturated carbocycles. The fraction of sp³-hybridized carbons (Fsp3) is 0.300. The molecule has 0 unspecified atom stereocenters. The van der Waals surface area contributed by atoms with Gasteiger partial charge < -0.3 is 4.90 Å². The Kier molecular flexibility index (Phi) is 8.06. The first-order chi connectivity index (χ1) is 14.4. The molecule has 2 aromatic carbocycles. The molecule has 1 aliphatic rings. The standard InChI is InChI=1S/C20H23BrN4O3S2/c1-29-18-6-2-16(3-7-18)14-22-23-20(26)15-24-10-12-25(13-11-24)30(27,28)19-8-4-17(21)5-9-19/h2-9,14H,10-13,15H2,1H3,(H,23,26)/p+1. The smallest absolute Gasteiger partial charge is 0.295 e. The minimum atomic E-state index is -3.51. The van der Waals surface area contributed by atoms with E-state index in [2.05, 4.69) is 26.5 Å². The second-order valence-corrected chi connectivity index (χ2v) is 10.6. The van der Waals surface area contributed by atoms with Crippen LogP contribution in [-0.4, -0.2) is 63.8 Å². The summed E-state index contributed by atoms with van der Waals surface area (Å²) < 4.78 is 27.8. The van der Waals surface area contributed by atoms with Crippen LogP contribution in [0.4, 0.5) is 0 Å². The van der Waals surface area contributed by atoms with Crippen molar-refractivity contribution in [2.45, 2.75) is 9.79 Å². The van der Waals surface area contributed by atoms with Crippen molar-refractivity contribution in [1.82, 2.24) is 9.73 Å². The number of hydrazone groups is 1. The number of rotatable bonds is 7. The van der Waals surface area contributed by atoms with Gasteiger partial charge in [-0.2, -0.15) is 9.41 Å². The van der Waals surface area contributed by atoms with Crippen LogP contribution in [0.1, 0.15) is 5.56 Å². The van der Waals surface area contributed by atoms with Crippen molar-refractivity contribution in [3.8, 4) is 0 Å². The highest BCUT2D eigenvalue weighted by atomic mass is 79.9. The zero-order valence-corrected chi connectivity index (χ0v) is 19.8. The van der Waals surface area contributed by atoms with Crippen molar-refractivity contribution in [3.05, 3.63) is 58.6 Å². The molecule has 3 rings (SSSR count). The third-order valence-corrected chi connectivity index (χ3v) is 8.00. The summed E-state index contributed by atoms with van der Waals surface area (Å²) in [6.45, 7) is 2.17. The average molecular weight is 512 g/mol. The summed E-state index contributed by atoms with van der Waals surface area (Å²) in [5.41, 5.74) is 3.46. The van der Waals surface area contributed by atoms with E-state index >= 15 is 0 Å². The van der Waals surface area contributed by atoms with Crippen molar-refractivity contribution >= 4 is 49.8 Å². The van der Waals surface area contributed by atoms with E-state index in [1.807, 2.05) is 30.5 Å². The second-order valence-electron chi connectivity index (χ2n) is 6.85. The van der Waals surface area contributed by atoms with Crippen molar-refractivity contribution in [2.24, 2.45) is 5.10 Å². The maximum absolute atomic E-state index is 12.7. The maximum Gasteiger partial charge on any atom is 0.295 e. The number of hydrogen-bond acceptors (Lipinski definition) is 5. The number of carbonyl (C=O) groups is 1. The van der Waals surface area contributed by atoms with E-state index < -0.39 is 10.0 Å². The van der Waals surface area contributed by atoms with E-state index in [9.17, 15) is 13.2 Å². The van der Waals surface area contributed by atoms with Crippen LogP contribution in [0.3, 0.4) is 0 Å². The number of nitrogens with one attached hydrogen (secondary N) is 2. The second kappa shape index (κ2) is 10.5. The van der Waals surface area contributed by atoms with Gasteiger partial charge in [0.05, 0.1) is 37.3 Å². The molecule has 1 fully saturated rings.